The summed E-state index contributed by atoms with van der Waals surface area (Å²) in [5.74, 6) is 0.298. The first-order valence-corrected chi connectivity index (χ1v) is 9.94. The van der Waals surface area contributed by atoms with Gasteiger partial charge in [-0.25, -0.2) is 0 Å². The monoisotopic (exact) mass is 387 g/mol. The van der Waals surface area contributed by atoms with E-state index in [-0.39, 0.29) is 17.9 Å². The van der Waals surface area contributed by atoms with Crippen molar-refractivity contribution in [2.45, 2.75) is 51.0 Å². The number of carbonyl (C=O) groups is 2. The molecule has 1 amide bonds. The maximum Gasteiger partial charge on any atom is 0.313 e. The van der Waals surface area contributed by atoms with E-state index in [0.29, 0.717) is 35.6 Å². The molecule has 0 radical (unpaired) electrons. The molecule has 1 fully saturated rings. The number of hydrogen-bond donors (Lipinski definition) is 0. The van der Waals surface area contributed by atoms with E-state index in [1.807, 2.05) is 29.2 Å². The topological polar surface area (TPSA) is 65.1 Å². The second kappa shape index (κ2) is 9.13. The molecule has 2 aliphatic carbocycles. The van der Waals surface area contributed by atoms with Crippen molar-refractivity contribution in [1.82, 2.24) is 0 Å². The minimum atomic E-state index is -0.500. The molecule has 152 valence electrons. The van der Waals surface area contributed by atoms with Crippen molar-refractivity contribution in [1.29, 1.82) is 0 Å². The van der Waals surface area contributed by atoms with Crippen LogP contribution in [0.25, 0.3) is 0 Å². The molecule has 1 aromatic carbocycles. The van der Waals surface area contributed by atoms with Gasteiger partial charge in [0.05, 0.1) is 32.9 Å². The first-order valence-electron chi connectivity index (χ1n) is 9.94. The van der Waals surface area contributed by atoms with Gasteiger partial charge in [-0.15, -0.1) is 0 Å². The van der Waals surface area contributed by atoms with E-state index in [4.69, 9.17) is 14.2 Å². The lowest BCUT2D eigenvalue weighted by atomic mass is 9.92. The number of esters is 1. The summed E-state index contributed by atoms with van der Waals surface area (Å²) in [6.45, 7) is 0. The SMILES string of the molecule is COC(=O)C1CCC=C1C(=O)N(c1cc(OC)ccc1OC)C1CCCCC1. The zero-order valence-electron chi connectivity index (χ0n) is 16.9. The van der Waals surface area contributed by atoms with E-state index >= 15 is 0 Å². The highest BCUT2D eigenvalue weighted by atomic mass is 16.5. The average molecular weight is 387 g/mol. The van der Waals surface area contributed by atoms with E-state index < -0.39 is 5.92 Å². The van der Waals surface area contributed by atoms with Gasteiger partial charge in [0.15, 0.2) is 0 Å². The Hall–Kier alpha value is -2.50. The van der Waals surface area contributed by atoms with Crippen molar-refractivity contribution in [3.63, 3.8) is 0 Å². The lowest BCUT2D eigenvalue weighted by Crippen LogP contribution is -2.44. The molecule has 0 aliphatic heterocycles. The average Bonchev–Trinajstić information content (AvgIpc) is 3.24. The largest absolute Gasteiger partial charge is 0.497 e. The van der Waals surface area contributed by atoms with Crippen molar-refractivity contribution in [3.05, 3.63) is 29.8 Å². The van der Waals surface area contributed by atoms with E-state index in [0.717, 1.165) is 25.7 Å². The number of nitrogens with zero attached hydrogens (tertiary/aromatic N) is 1. The molecule has 0 bridgehead atoms. The number of hydrogen-bond acceptors (Lipinski definition) is 5. The van der Waals surface area contributed by atoms with Gasteiger partial charge in [-0.3, -0.25) is 9.59 Å². The number of ether oxygens (including phenoxy) is 3. The maximum absolute atomic E-state index is 13.7. The molecule has 1 atom stereocenters. The third kappa shape index (κ3) is 4.01. The molecule has 0 aromatic heterocycles. The summed E-state index contributed by atoms with van der Waals surface area (Å²) in [7, 11) is 4.57. The Labute approximate surface area is 166 Å². The predicted molar refractivity (Wildman–Crippen MR) is 107 cm³/mol. The molecule has 28 heavy (non-hydrogen) atoms. The van der Waals surface area contributed by atoms with Gasteiger partial charge < -0.3 is 19.1 Å². The van der Waals surface area contributed by atoms with Crippen LogP contribution in [0.2, 0.25) is 0 Å². The second-order valence-electron chi connectivity index (χ2n) is 7.32. The van der Waals surface area contributed by atoms with E-state index in [1.165, 1.54) is 13.5 Å². The van der Waals surface area contributed by atoms with E-state index in [1.54, 1.807) is 14.2 Å². The smallest absolute Gasteiger partial charge is 0.313 e. The van der Waals surface area contributed by atoms with Crippen molar-refractivity contribution in [2.24, 2.45) is 5.92 Å². The van der Waals surface area contributed by atoms with Crippen molar-refractivity contribution in [2.75, 3.05) is 26.2 Å². The van der Waals surface area contributed by atoms with Gasteiger partial charge in [0.25, 0.3) is 5.91 Å². The summed E-state index contributed by atoms with van der Waals surface area (Å²) < 4.78 is 15.9. The van der Waals surface area contributed by atoms with Crippen LogP contribution in [0.3, 0.4) is 0 Å². The lowest BCUT2D eigenvalue weighted by molar-refractivity contribution is -0.144. The first-order chi connectivity index (χ1) is 13.6. The van der Waals surface area contributed by atoms with Gasteiger partial charge in [0.2, 0.25) is 0 Å². The number of carbonyl (C=O) groups excluding carboxylic acids is 2. The highest BCUT2D eigenvalue weighted by Crippen LogP contribution is 2.39. The summed E-state index contributed by atoms with van der Waals surface area (Å²) in [4.78, 5) is 27.7. The summed E-state index contributed by atoms with van der Waals surface area (Å²) in [6.07, 6.45) is 8.41. The molecule has 1 aromatic rings. The van der Waals surface area contributed by atoms with Gasteiger partial charge >= 0.3 is 5.97 Å². The van der Waals surface area contributed by atoms with Crippen LogP contribution in [0, 0.1) is 5.92 Å². The molecule has 1 unspecified atom stereocenters. The lowest BCUT2D eigenvalue weighted by Gasteiger charge is -2.36. The van der Waals surface area contributed by atoms with Crippen LogP contribution < -0.4 is 14.4 Å². The van der Waals surface area contributed by atoms with Gasteiger partial charge in [-0.1, -0.05) is 25.3 Å². The predicted octanol–water partition coefficient (Wildman–Crippen LogP) is 3.88. The fourth-order valence-corrected chi connectivity index (χ4v) is 4.26. The van der Waals surface area contributed by atoms with E-state index in [9.17, 15) is 9.59 Å². The van der Waals surface area contributed by atoms with Gasteiger partial charge in [-0.2, -0.15) is 0 Å². The van der Waals surface area contributed by atoms with Crippen LogP contribution in [0.5, 0.6) is 11.5 Å². The maximum atomic E-state index is 13.7. The number of rotatable bonds is 6. The second-order valence-corrected chi connectivity index (χ2v) is 7.32. The number of amides is 1. The summed E-state index contributed by atoms with van der Waals surface area (Å²) in [6, 6.07) is 5.55. The van der Waals surface area contributed by atoms with Crippen molar-refractivity contribution >= 4 is 17.6 Å². The van der Waals surface area contributed by atoms with Gasteiger partial charge in [0.1, 0.15) is 11.5 Å². The third-order valence-electron chi connectivity index (χ3n) is 5.73. The molecule has 0 spiro atoms. The molecule has 6 heteroatoms. The van der Waals surface area contributed by atoms with Crippen LogP contribution in [-0.2, 0) is 14.3 Å². The van der Waals surface area contributed by atoms with E-state index in [2.05, 4.69) is 0 Å². The minimum Gasteiger partial charge on any atom is -0.497 e. The Morgan fingerprint density at radius 2 is 1.75 bits per heavy atom. The molecule has 0 saturated heterocycles. The third-order valence-corrected chi connectivity index (χ3v) is 5.73. The number of benzene rings is 1. The molecule has 3 rings (SSSR count). The first kappa shape index (κ1) is 20.2. The molecular weight excluding hydrogens is 358 g/mol. The molecule has 2 aliphatic rings. The van der Waals surface area contributed by atoms with Crippen LogP contribution in [0.4, 0.5) is 5.69 Å². The van der Waals surface area contributed by atoms with Crippen LogP contribution in [0.1, 0.15) is 44.9 Å². The molecular formula is C22H29NO5. The highest BCUT2D eigenvalue weighted by molar-refractivity contribution is 6.10. The number of anilines is 1. The fourth-order valence-electron chi connectivity index (χ4n) is 4.26. The highest BCUT2D eigenvalue weighted by Gasteiger charge is 2.38. The minimum absolute atomic E-state index is 0.0713. The Morgan fingerprint density at radius 1 is 1.00 bits per heavy atom. The Balaban J connectivity index is 2.03. The zero-order chi connectivity index (χ0) is 20.1. The Bertz CT molecular complexity index is 751. The van der Waals surface area contributed by atoms with Gasteiger partial charge in [0, 0.05) is 17.7 Å². The Kier molecular flexibility index (Phi) is 6.60. The fraction of sp³-hybridized carbons (Fsp3) is 0.545. The van der Waals surface area contributed by atoms with Gasteiger partial charge in [-0.05, 0) is 37.8 Å². The standard InChI is InChI=1S/C22H29NO5/c1-26-16-12-13-20(27-2)19(14-16)23(15-8-5-4-6-9-15)21(24)17-10-7-11-18(17)22(25)28-3/h10,12-15,18H,4-9,11H2,1-3H3. The molecule has 0 N–H and O–H groups in total. The summed E-state index contributed by atoms with van der Waals surface area (Å²) >= 11 is 0. The molecule has 0 heterocycles. The Morgan fingerprint density at radius 3 is 2.39 bits per heavy atom. The summed E-state index contributed by atoms with van der Waals surface area (Å²) in [5.41, 5.74) is 1.22. The number of allylic oxidation sites excluding steroid dienone is 1. The van der Waals surface area contributed by atoms with Crippen LogP contribution >= 0.6 is 0 Å². The quantitative estimate of drug-likeness (QED) is 0.693. The van der Waals surface area contributed by atoms with Crippen LogP contribution in [0.15, 0.2) is 29.8 Å². The van der Waals surface area contributed by atoms with Crippen molar-refractivity contribution < 1.29 is 23.8 Å². The zero-order valence-corrected chi connectivity index (χ0v) is 16.9. The van der Waals surface area contributed by atoms with Crippen molar-refractivity contribution in [3.8, 4) is 11.5 Å². The molecule has 1 saturated carbocycles. The molecule has 6 nitrogen and oxygen atoms in total. The van der Waals surface area contributed by atoms with Crippen LogP contribution in [-0.4, -0.2) is 39.2 Å². The normalized spacial score (nSPS) is 19.7. The summed E-state index contributed by atoms with van der Waals surface area (Å²) in [5, 5.41) is 0. The number of methoxy groups -OCH3 is 3.